The molecule has 1 unspecified atom stereocenters. The van der Waals surface area contributed by atoms with Crippen LogP contribution < -0.4 is 0 Å². The Hall–Kier alpha value is -2.67. The van der Waals surface area contributed by atoms with E-state index in [1.165, 1.54) is 0 Å². The van der Waals surface area contributed by atoms with Crippen LogP contribution in [0.4, 0.5) is 0 Å². The van der Waals surface area contributed by atoms with Crippen molar-refractivity contribution in [1.29, 1.82) is 0 Å². The van der Waals surface area contributed by atoms with Gasteiger partial charge in [0.1, 0.15) is 11.6 Å². The molecule has 1 aliphatic rings. The second-order valence-corrected chi connectivity index (χ2v) is 6.01. The Morgan fingerprint density at radius 2 is 2.21 bits per heavy atom. The van der Waals surface area contributed by atoms with Crippen LogP contribution in [0.15, 0.2) is 36.8 Å². The molecule has 0 radical (unpaired) electrons. The van der Waals surface area contributed by atoms with E-state index in [1.807, 2.05) is 31.3 Å². The highest BCUT2D eigenvalue weighted by Crippen LogP contribution is 2.31. The molecular formula is C17H19N7. The van der Waals surface area contributed by atoms with Gasteiger partial charge in [-0.2, -0.15) is 5.10 Å². The van der Waals surface area contributed by atoms with Crippen LogP contribution in [0.1, 0.15) is 36.2 Å². The van der Waals surface area contributed by atoms with Gasteiger partial charge < -0.3 is 0 Å². The maximum absolute atomic E-state index is 4.69. The van der Waals surface area contributed by atoms with E-state index in [-0.39, 0.29) is 6.04 Å². The third-order valence-electron chi connectivity index (χ3n) is 4.30. The fourth-order valence-corrected chi connectivity index (χ4v) is 3.17. The van der Waals surface area contributed by atoms with Crippen LogP contribution in [0.2, 0.25) is 0 Å². The molecule has 1 N–H and O–H groups in total. The fourth-order valence-electron chi connectivity index (χ4n) is 3.17. The summed E-state index contributed by atoms with van der Waals surface area (Å²) < 4.78 is 0. The normalized spacial score (nSPS) is 18.1. The topological polar surface area (TPSA) is 83.5 Å². The van der Waals surface area contributed by atoms with Gasteiger partial charge in [-0.25, -0.2) is 15.0 Å². The molecular weight excluding hydrogens is 302 g/mol. The molecule has 0 aromatic carbocycles. The number of hydrogen-bond donors (Lipinski definition) is 1. The summed E-state index contributed by atoms with van der Waals surface area (Å²) in [4.78, 5) is 19.9. The van der Waals surface area contributed by atoms with Gasteiger partial charge >= 0.3 is 0 Å². The Balaban J connectivity index is 1.54. The molecule has 0 saturated carbocycles. The van der Waals surface area contributed by atoms with Crippen molar-refractivity contribution in [2.45, 2.75) is 32.4 Å². The SMILES string of the molecule is Cc1nccc(CN2CCCC2c2nc(-c3cccnc3)n[nH]2)n1. The molecule has 1 fully saturated rings. The van der Waals surface area contributed by atoms with Crippen LogP contribution in [-0.4, -0.2) is 41.6 Å². The molecule has 0 bridgehead atoms. The highest BCUT2D eigenvalue weighted by molar-refractivity contribution is 5.52. The van der Waals surface area contributed by atoms with Crippen molar-refractivity contribution in [2.24, 2.45) is 0 Å². The standard InChI is InChI=1S/C17H19N7/c1-12-19-8-6-14(20-12)11-24-9-3-5-15(24)17-21-16(22-23-17)13-4-2-7-18-10-13/h2,4,6-8,10,15H,3,5,9,11H2,1H3,(H,21,22,23). The van der Waals surface area contributed by atoms with Gasteiger partial charge in [-0.1, -0.05) is 0 Å². The Morgan fingerprint density at radius 3 is 3.04 bits per heavy atom. The lowest BCUT2D eigenvalue weighted by Gasteiger charge is -2.22. The first-order valence-electron chi connectivity index (χ1n) is 8.15. The molecule has 24 heavy (non-hydrogen) atoms. The van der Waals surface area contributed by atoms with Crippen molar-refractivity contribution in [3.8, 4) is 11.4 Å². The fraction of sp³-hybridized carbons (Fsp3) is 0.353. The molecule has 1 aliphatic heterocycles. The van der Waals surface area contributed by atoms with Crippen LogP contribution >= 0.6 is 0 Å². The van der Waals surface area contributed by atoms with E-state index in [4.69, 9.17) is 4.98 Å². The van der Waals surface area contributed by atoms with E-state index in [0.29, 0.717) is 5.82 Å². The molecule has 7 heteroatoms. The Morgan fingerprint density at radius 1 is 1.25 bits per heavy atom. The molecule has 7 nitrogen and oxygen atoms in total. The summed E-state index contributed by atoms with van der Waals surface area (Å²) in [5.74, 6) is 2.42. The molecule has 1 saturated heterocycles. The zero-order valence-electron chi connectivity index (χ0n) is 13.6. The Kier molecular flexibility index (Phi) is 4.00. The molecule has 3 aromatic rings. The Labute approximate surface area is 140 Å². The summed E-state index contributed by atoms with van der Waals surface area (Å²) >= 11 is 0. The minimum absolute atomic E-state index is 0.248. The summed E-state index contributed by atoms with van der Waals surface area (Å²) in [6.45, 7) is 3.76. The van der Waals surface area contributed by atoms with Crippen molar-refractivity contribution in [1.82, 2.24) is 35.0 Å². The predicted octanol–water partition coefficient (Wildman–Crippen LogP) is 2.30. The second kappa shape index (κ2) is 6.45. The molecule has 122 valence electrons. The van der Waals surface area contributed by atoms with Crippen LogP contribution in [0, 0.1) is 6.92 Å². The monoisotopic (exact) mass is 321 g/mol. The van der Waals surface area contributed by atoms with Crippen LogP contribution in [0.5, 0.6) is 0 Å². The number of aryl methyl sites for hydroxylation is 1. The highest BCUT2D eigenvalue weighted by Gasteiger charge is 2.29. The van der Waals surface area contributed by atoms with Crippen LogP contribution in [0.25, 0.3) is 11.4 Å². The van der Waals surface area contributed by atoms with Crippen molar-refractivity contribution in [3.05, 3.63) is 54.1 Å². The molecule has 0 aliphatic carbocycles. The van der Waals surface area contributed by atoms with Gasteiger partial charge in [0.15, 0.2) is 5.82 Å². The molecule has 3 aromatic heterocycles. The number of hydrogen-bond acceptors (Lipinski definition) is 6. The molecule has 1 atom stereocenters. The lowest BCUT2D eigenvalue weighted by atomic mass is 10.2. The third-order valence-corrected chi connectivity index (χ3v) is 4.30. The predicted molar refractivity (Wildman–Crippen MR) is 88.8 cm³/mol. The smallest absolute Gasteiger partial charge is 0.182 e. The number of H-pyrrole nitrogens is 1. The third kappa shape index (κ3) is 3.03. The summed E-state index contributed by atoms with van der Waals surface area (Å²) in [5.41, 5.74) is 1.97. The summed E-state index contributed by atoms with van der Waals surface area (Å²) in [5, 5.41) is 7.47. The van der Waals surface area contributed by atoms with E-state index in [1.54, 1.807) is 12.4 Å². The van der Waals surface area contributed by atoms with Gasteiger partial charge in [-0.05, 0) is 44.5 Å². The number of aromatic nitrogens is 6. The van der Waals surface area contributed by atoms with E-state index in [0.717, 1.165) is 48.8 Å². The van der Waals surface area contributed by atoms with Crippen molar-refractivity contribution in [3.63, 3.8) is 0 Å². The number of nitrogens with zero attached hydrogens (tertiary/aromatic N) is 6. The van der Waals surface area contributed by atoms with Gasteiger partial charge in [-0.15, -0.1) is 0 Å². The number of aromatic amines is 1. The largest absolute Gasteiger partial charge is 0.288 e. The summed E-state index contributed by atoms with van der Waals surface area (Å²) in [6.07, 6.45) is 7.57. The van der Waals surface area contributed by atoms with E-state index >= 15 is 0 Å². The lowest BCUT2D eigenvalue weighted by Crippen LogP contribution is -2.24. The maximum Gasteiger partial charge on any atom is 0.182 e. The Bertz CT molecular complexity index is 815. The molecule has 0 spiro atoms. The van der Waals surface area contributed by atoms with Gasteiger partial charge in [0.2, 0.25) is 0 Å². The number of rotatable bonds is 4. The number of pyridine rings is 1. The summed E-state index contributed by atoms with van der Waals surface area (Å²) in [6, 6.07) is 6.09. The average Bonchev–Trinajstić information content (AvgIpc) is 3.25. The van der Waals surface area contributed by atoms with Crippen LogP contribution in [0.3, 0.4) is 0 Å². The first-order valence-corrected chi connectivity index (χ1v) is 8.15. The van der Waals surface area contributed by atoms with Gasteiger partial charge in [0.25, 0.3) is 0 Å². The number of nitrogens with one attached hydrogen (secondary N) is 1. The van der Waals surface area contributed by atoms with Crippen LogP contribution in [-0.2, 0) is 6.54 Å². The van der Waals surface area contributed by atoms with Gasteiger partial charge in [0, 0.05) is 30.7 Å². The average molecular weight is 321 g/mol. The van der Waals surface area contributed by atoms with Crippen molar-refractivity contribution < 1.29 is 0 Å². The second-order valence-electron chi connectivity index (χ2n) is 6.01. The van der Waals surface area contributed by atoms with E-state index in [2.05, 4.69) is 30.0 Å². The maximum atomic E-state index is 4.69. The zero-order chi connectivity index (χ0) is 16.4. The van der Waals surface area contributed by atoms with E-state index < -0.39 is 0 Å². The van der Waals surface area contributed by atoms with Gasteiger partial charge in [-0.3, -0.25) is 15.0 Å². The quantitative estimate of drug-likeness (QED) is 0.794. The van der Waals surface area contributed by atoms with E-state index in [9.17, 15) is 0 Å². The van der Waals surface area contributed by atoms with Gasteiger partial charge in [0.05, 0.1) is 11.7 Å². The first-order chi connectivity index (χ1) is 11.8. The summed E-state index contributed by atoms with van der Waals surface area (Å²) in [7, 11) is 0. The molecule has 0 amide bonds. The van der Waals surface area contributed by atoms with Crippen molar-refractivity contribution in [2.75, 3.05) is 6.54 Å². The zero-order valence-corrected chi connectivity index (χ0v) is 13.6. The first kappa shape index (κ1) is 14.9. The molecule has 4 heterocycles. The minimum atomic E-state index is 0.248. The highest BCUT2D eigenvalue weighted by atomic mass is 15.3. The number of likely N-dealkylation sites (tertiary alicyclic amines) is 1. The molecule has 4 rings (SSSR count). The van der Waals surface area contributed by atoms with Crippen molar-refractivity contribution >= 4 is 0 Å². The minimum Gasteiger partial charge on any atom is -0.288 e. The lowest BCUT2D eigenvalue weighted by molar-refractivity contribution is 0.237.